The summed E-state index contributed by atoms with van der Waals surface area (Å²) in [6.45, 7) is 15.8. The zero-order valence-corrected chi connectivity index (χ0v) is 10.0. The normalized spacial score (nSPS) is 13.1. The second-order valence-corrected chi connectivity index (χ2v) is 2.80. The number of hydrogen-bond acceptors (Lipinski definition) is 0. The fourth-order valence-electron chi connectivity index (χ4n) is 1.51. The van der Waals surface area contributed by atoms with Crippen molar-refractivity contribution in [1.82, 2.24) is 0 Å². The van der Waals surface area contributed by atoms with Gasteiger partial charge >= 0.3 is 51.3 Å². The van der Waals surface area contributed by atoms with Crippen molar-refractivity contribution in [1.29, 1.82) is 0 Å². The van der Waals surface area contributed by atoms with Crippen LogP contribution in [-0.4, -0.2) is 0 Å². The van der Waals surface area contributed by atoms with Crippen molar-refractivity contribution >= 4 is 0 Å². The van der Waals surface area contributed by atoms with Crippen molar-refractivity contribution in [3.05, 3.63) is 55.3 Å². The Kier molecular flexibility index (Phi) is 17.8. The quantitative estimate of drug-likeness (QED) is 0.503. The van der Waals surface area contributed by atoms with E-state index in [4.69, 9.17) is 14.0 Å². The van der Waals surface area contributed by atoms with Crippen LogP contribution < -0.4 is 0 Å². The Labute approximate surface area is 106 Å². The van der Waals surface area contributed by atoms with Crippen molar-refractivity contribution in [2.45, 2.75) is 19.3 Å². The van der Waals surface area contributed by atoms with Gasteiger partial charge in [0, 0.05) is 0 Å². The smallest absolute Gasteiger partial charge is 6.00 e. The van der Waals surface area contributed by atoms with Gasteiger partial charge in [-0.3, -0.25) is 0 Å². The minimum atomic E-state index is 0. The van der Waals surface area contributed by atoms with Crippen LogP contribution in [0.4, 0.5) is 0 Å². The van der Waals surface area contributed by atoms with E-state index in [1.165, 1.54) is 6.42 Å². The summed E-state index contributed by atoms with van der Waals surface area (Å²) < 4.78 is 22.5. The van der Waals surface area contributed by atoms with E-state index in [0.717, 1.165) is 5.92 Å². The first kappa shape index (κ1) is 20.4. The van der Waals surface area contributed by atoms with Gasteiger partial charge in [-0.2, -0.15) is 0 Å². The number of benzene rings is 1. The maximum atomic E-state index is 7.50. The minimum absolute atomic E-state index is 0. The average molecular weight is 254 g/mol. The van der Waals surface area contributed by atoms with Crippen LogP contribution in [0.25, 0.3) is 0 Å². The van der Waals surface area contributed by atoms with Crippen molar-refractivity contribution in [3.8, 4) is 0 Å². The molecule has 0 aliphatic heterocycles. The molecule has 0 saturated heterocycles. The van der Waals surface area contributed by atoms with Crippen LogP contribution in [0.1, 0.15) is 24.0 Å². The van der Waals surface area contributed by atoms with E-state index in [-0.39, 0.29) is 17.4 Å². The van der Waals surface area contributed by atoms with Crippen LogP contribution in [0.5, 0.6) is 0 Å². The summed E-state index contributed by atoms with van der Waals surface area (Å²) in [6, 6.07) is 8.68. The molecule has 0 bridgehead atoms. The summed E-state index contributed by atoms with van der Waals surface area (Å²) in [5, 5.41) is 0. The molecule has 3 nitrogen and oxygen atoms in total. The number of rotatable bonds is 0. The molecule has 0 N–H and O–H groups in total. The summed E-state index contributed by atoms with van der Waals surface area (Å²) in [6.07, 6.45) is 1.29. The van der Waals surface area contributed by atoms with E-state index in [2.05, 4.69) is 51.1 Å². The molecule has 1 unspecified atom stereocenters. The molecule has 1 aromatic rings. The van der Waals surface area contributed by atoms with Crippen molar-refractivity contribution in [2.24, 2.45) is 0 Å². The van der Waals surface area contributed by atoms with Crippen LogP contribution in [0.2, 0.25) is 0 Å². The minimum Gasteiger partial charge on any atom is 6.00 e. The Morgan fingerprint density at radius 3 is 1.75 bits per heavy atom. The van der Waals surface area contributed by atoms with E-state index in [1.54, 1.807) is 11.1 Å². The Morgan fingerprint density at radius 1 is 1.00 bits per heavy atom. The Hall–Kier alpha value is -1.03. The summed E-state index contributed by atoms with van der Waals surface area (Å²) in [4.78, 5) is 0. The van der Waals surface area contributed by atoms with Crippen LogP contribution in [0.15, 0.2) is 24.3 Å². The SMILES string of the molecule is CC1Cc2ccccc21.[C-]#[O+].[C-]#[O+].[C-]#[O+].[Cr+6]. The zero-order chi connectivity index (χ0) is 12.3. The van der Waals surface area contributed by atoms with E-state index in [0.29, 0.717) is 0 Å². The summed E-state index contributed by atoms with van der Waals surface area (Å²) in [7, 11) is 0. The van der Waals surface area contributed by atoms with Gasteiger partial charge in [0.15, 0.2) is 0 Å². The van der Waals surface area contributed by atoms with Gasteiger partial charge < -0.3 is 0 Å². The molecule has 0 fully saturated rings. The molecular weight excluding hydrogens is 244 g/mol. The fraction of sp³-hybridized carbons (Fsp3) is 0.250. The number of fused-ring (bicyclic) bond motifs is 1. The molecule has 4 heteroatoms. The second kappa shape index (κ2) is 14.0. The number of hydrogen-bond donors (Lipinski definition) is 0. The van der Waals surface area contributed by atoms with Gasteiger partial charge in [0.25, 0.3) is 0 Å². The Bertz CT molecular complexity index is 327. The summed E-state index contributed by atoms with van der Waals surface area (Å²) >= 11 is 0. The molecule has 0 saturated carbocycles. The van der Waals surface area contributed by atoms with Crippen LogP contribution in [0.3, 0.4) is 0 Å². The van der Waals surface area contributed by atoms with Crippen LogP contribution in [-0.2, 0) is 37.7 Å². The zero-order valence-electron chi connectivity index (χ0n) is 8.73. The maximum absolute atomic E-state index is 7.50. The topological polar surface area (TPSA) is 59.7 Å². The van der Waals surface area contributed by atoms with Crippen molar-refractivity contribution in [2.75, 3.05) is 0 Å². The van der Waals surface area contributed by atoms with Crippen LogP contribution in [0, 0.1) is 20.0 Å². The van der Waals surface area contributed by atoms with Gasteiger partial charge in [-0.05, 0) is 23.5 Å². The molecule has 2 rings (SSSR count). The predicted molar refractivity (Wildman–Crippen MR) is 50.3 cm³/mol. The third kappa shape index (κ3) is 5.76. The van der Waals surface area contributed by atoms with Crippen molar-refractivity contribution in [3.63, 3.8) is 0 Å². The first-order valence-corrected chi connectivity index (χ1v) is 4.07. The van der Waals surface area contributed by atoms with E-state index in [9.17, 15) is 0 Å². The second-order valence-electron chi connectivity index (χ2n) is 2.80. The average Bonchev–Trinajstić information content (AvgIpc) is 2.36. The molecule has 0 heterocycles. The maximum Gasteiger partial charge on any atom is 6.00 e. The molecule has 1 aromatic carbocycles. The predicted octanol–water partition coefficient (Wildman–Crippen LogP) is 2.23. The van der Waals surface area contributed by atoms with E-state index >= 15 is 0 Å². The van der Waals surface area contributed by atoms with Gasteiger partial charge in [0.05, 0.1) is 0 Å². The molecule has 1 aliphatic rings. The molecule has 1 aliphatic carbocycles. The molecule has 76 valence electrons. The standard InChI is InChI=1S/C9H10.3CO.Cr/c1-7-6-8-4-2-3-5-9(7)8;3*1-2;/h2-5,7H,6H2,1H3;;;;/q;;;;+6. The Morgan fingerprint density at radius 2 is 1.44 bits per heavy atom. The third-order valence-electron chi connectivity index (χ3n) is 2.11. The molecular formula is C12H10CrO3+6. The van der Waals surface area contributed by atoms with E-state index in [1.807, 2.05) is 0 Å². The van der Waals surface area contributed by atoms with Gasteiger partial charge in [-0.1, -0.05) is 31.2 Å². The molecule has 0 spiro atoms. The van der Waals surface area contributed by atoms with E-state index < -0.39 is 0 Å². The first-order chi connectivity index (χ1) is 7.38. The van der Waals surface area contributed by atoms with Crippen LogP contribution >= 0.6 is 0 Å². The molecule has 0 aromatic heterocycles. The third-order valence-corrected chi connectivity index (χ3v) is 2.11. The fourth-order valence-corrected chi connectivity index (χ4v) is 1.51. The summed E-state index contributed by atoms with van der Waals surface area (Å²) in [5.41, 5.74) is 3.10. The monoisotopic (exact) mass is 254 g/mol. The largest absolute Gasteiger partial charge is 6.00 e. The molecule has 16 heavy (non-hydrogen) atoms. The van der Waals surface area contributed by atoms with Gasteiger partial charge in [0.1, 0.15) is 0 Å². The van der Waals surface area contributed by atoms with Gasteiger partial charge in [0.2, 0.25) is 0 Å². The molecule has 0 radical (unpaired) electrons. The first-order valence-electron chi connectivity index (χ1n) is 4.07. The Balaban J connectivity index is -0.000000214. The molecule has 1 atom stereocenters. The van der Waals surface area contributed by atoms with Crippen molar-refractivity contribution < 1.29 is 31.3 Å². The molecule has 0 amide bonds. The summed E-state index contributed by atoms with van der Waals surface area (Å²) in [5.74, 6) is 0.821. The van der Waals surface area contributed by atoms with Gasteiger partial charge in [-0.25, -0.2) is 0 Å². The van der Waals surface area contributed by atoms with Gasteiger partial charge in [-0.15, -0.1) is 0 Å².